The summed E-state index contributed by atoms with van der Waals surface area (Å²) in [7, 11) is 0. The lowest BCUT2D eigenvalue weighted by Gasteiger charge is -2.32. The minimum atomic E-state index is 0.0773. The molecule has 3 atom stereocenters. The third-order valence-corrected chi connectivity index (χ3v) is 4.67. The van der Waals surface area contributed by atoms with E-state index in [0.29, 0.717) is 23.3 Å². The van der Waals surface area contributed by atoms with E-state index in [4.69, 9.17) is 4.74 Å². The monoisotopic (exact) mass is 381 g/mol. The van der Waals surface area contributed by atoms with Crippen LogP contribution in [0.2, 0.25) is 0 Å². The van der Waals surface area contributed by atoms with Crippen LogP contribution in [0.4, 0.5) is 0 Å². The molecule has 0 aliphatic carbocycles. The van der Waals surface area contributed by atoms with Crippen molar-refractivity contribution in [2.75, 3.05) is 0 Å². The molecular weight excluding hydrogens is 354 g/mol. The smallest absolute Gasteiger partial charge is 0.226 e. The van der Waals surface area contributed by atoms with Crippen molar-refractivity contribution in [2.24, 2.45) is 10.2 Å². The number of phenols is 1. The molecule has 1 aromatic carbocycles. The van der Waals surface area contributed by atoms with Crippen LogP contribution in [-0.2, 0) is 4.74 Å². The Labute approximate surface area is 165 Å². The van der Waals surface area contributed by atoms with Crippen molar-refractivity contribution in [3.63, 3.8) is 0 Å². The molecule has 2 aromatic rings. The number of hydrogen-bond acceptors (Lipinski definition) is 6. The molecule has 1 aliphatic rings. The number of nitrogens with zero attached hydrogens (tertiary/aromatic N) is 4. The molecule has 7 heteroatoms. The second-order valence-electron chi connectivity index (χ2n) is 7.10. The van der Waals surface area contributed by atoms with Crippen LogP contribution in [0.25, 0.3) is 11.4 Å². The molecule has 1 aliphatic heterocycles. The van der Waals surface area contributed by atoms with Gasteiger partial charge in [0, 0.05) is 36.1 Å². The van der Waals surface area contributed by atoms with Crippen LogP contribution in [0.1, 0.15) is 39.2 Å². The summed E-state index contributed by atoms with van der Waals surface area (Å²) in [6, 6.07) is 7.92. The number of nitrogens with one attached hydrogen (secondary N) is 1. The standard InChI is InChI=1S/C21H27N5O2/c1-5-20(19-8-7-17(13-21(19)27)26-10-6-9-22-26)25-24-16(4)28-18-11-14(2)23-15(3)12-18/h5-10,13-15,18,23,27H,4,11-12H2,1-3H3/b20-5-,25-24?/t14-,15+,18?. The maximum absolute atomic E-state index is 10.4. The fourth-order valence-corrected chi connectivity index (χ4v) is 3.50. The molecular formula is C21H27N5O2. The van der Waals surface area contributed by atoms with Gasteiger partial charge in [-0.2, -0.15) is 5.10 Å². The highest BCUT2D eigenvalue weighted by molar-refractivity contribution is 5.70. The fourth-order valence-electron chi connectivity index (χ4n) is 3.50. The first-order valence-electron chi connectivity index (χ1n) is 9.49. The Bertz CT molecular complexity index is 863. The first-order valence-corrected chi connectivity index (χ1v) is 9.49. The summed E-state index contributed by atoms with van der Waals surface area (Å²) < 4.78 is 7.54. The SMILES string of the molecule is C=C(N=N/C(=C\C)c1ccc(-n2cccn2)cc1O)OC1C[C@@H](C)N[C@@H](C)C1. The number of aromatic nitrogens is 2. The summed E-state index contributed by atoms with van der Waals surface area (Å²) in [6.45, 7) is 9.99. The number of ether oxygens (including phenoxy) is 1. The van der Waals surface area contributed by atoms with Crippen molar-refractivity contribution in [3.8, 4) is 11.4 Å². The van der Waals surface area contributed by atoms with E-state index < -0.39 is 0 Å². The molecule has 0 amide bonds. The number of rotatable bonds is 6. The summed E-state index contributed by atoms with van der Waals surface area (Å²) in [6.07, 6.45) is 7.18. The van der Waals surface area contributed by atoms with E-state index in [1.165, 1.54) is 0 Å². The lowest BCUT2D eigenvalue weighted by molar-refractivity contribution is 0.0604. The molecule has 0 saturated carbocycles. The van der Waals surface area contributed by atoms with Gasteiger partial charge in [-0.15, -0.1) is 10.2 Å². The van der Waals surface area contributed by atoms with Crippen molar-refractivity contribution in [2.45, 2.75) is 51.8 Å². The predicted molar refractivity (Wildman–Crippen MR) is 109 cm³/mol. The van der Waals surface area contributed by atoms with E-state index in [1.807, 2.05) is 25.3 Å². The van der Waals surface area contributed by atoms with E-state index in [2.05, 4.69) is 41.1 Å². The van der Waals surface area contributed by atoms with Crippen LogP contribution in [0.15, 0.2) is 65.4 Å². The molecule has 7 nitrogen and oxygen atoms in total. The van der Waals surface area contributed by atoms with Crippen molar-refractivity contribution >= 4 is 5.70 Å². The van der Waals surface area contributed by atoms with Gasteiger partial charge < -0.3 is 15.2 Å². The topological polar surface area (TPSA) is 84.0 Å². The number of piperidine rings is 1. The molecule has 1 fully saturated rings. The zero-order chi connectivity index (χ0) is 20.1. The Morgan fingerprint density at radius 3 is 2.68 bits per heavy atom. The molecule has 2 N–H and O–H groups in total. The second-order valence-corrected chi connectivity index (χ2v) is 7.10. The van der Waals surface area contributed by atoms with Gasteiger partial charge in [0.05, 0.1) is 11.4 Å². The summed E-state index contributed by atoms with van der Waals surface area (Å²) in [5, 5.41) is 26.4. The summed E-state index contributed by atoms with van der Waals surface area (Å²) >= 11 is 0. The van der Waals surface area contributed by atoms with Gasteiger partial charge in [-0.05, 0) is 58.4 Å². The van der Waals surface area contributed by atoms with Gasteiger partial charge in [0.15, 0.2) is 0 Å². The first-order chi connectivity index (χ1) is 13.5. The molecule has 28 heavy (non-hydrogen) atoms. The molecule has 0 bridgehead atoms. The Hall–Kier alpha value is -2.93. The maximum atomic E-state index is 10.4. The normalized spacial score (nSPS) is 23.1. The van der Waals surface area contributed by atoms with Gasteiger partial charge in [0.25, 0.3) is 0 Å². The van der Waals surface area contributed by atoms with E-state index in [9.17, 15) is 5.11 Å². The molecule has 148 valence electrons. The molecule has 3 rings (SSSR count). The highest BCUT2D eigenvalue weighted by Crippen LogP contribution is 2.29. The minimum absolute atomic E-state index is 0.0773. The average Bonchev–Trinajstić information content (AvgIpc) is 3.17. The number of hydrogen-bond donors (Lipinski definition) is 2. The van der Waals surface area contributed by atoms with Crippen molar-refractivity contribution in [1.29, 1.82) is 0 Å². The Balaban J connectivity index is 1.67. The van der Waals surface area contributed by atoms with E-state index >= 15 is 0 Å². The second kappa shape index (κ2) is 8.84. The van der Waals surface area contributed by atoms with E-state index in [1.54, 1.807) is 29.1 Å². The fraction of sp³-hybridized carbons (Fsp3) is 0.381. The lowest BCUT2D eigenvalue weighted by Crippen LogP contribution is -2.45. The number of benzene rings is 1. The van der Waals surface area contributed by atoms with E-state index in [-0.39, 0.29) is 17.7 Å². The third kappa shape index (κ3) is 4.86. The van der Waals surface area contributed by atoms with Crippen molar-refractivity contribution in [3.05, 3.63) is 60.8 Å². The Morgan fingerprint density at radius 1 is 1.32 bits per heavy atom. The number of aromatic hydroxyl groups is 1. The summed E-state index contributed by atoms with van der Waals surface area (Å²) in [5.41, 5.74) is 1.89. The van der Waals surface area contributed by atoms with Gasteiger partial charge in [-0.25, -0.2) is 4.68 Å². The Kier molecular flexibility index (Phi) is 6.26. The average molecular weight is 381 g/mol. The summed E-state index contributed by atoms with van der Waals surface area (Å²) in [4.78, 5) is 0. The third-order valence-electron chi connectivity index (χ3n) is 4.67. The minimum Gasteiger partial charge on any atom is -0.507 e. The highest BCUT2D eigenvalue weighted by Gasteiger charge is 2.24. The first kappa shape index (κ1) is 19.8. The van der Waals surface area contributed by atoms with Gasteiger partial charge in [0.1, 0.15) is 11.9 Å². The molecule has 0 spiro atoms. The van der Waals surface area contributed by atoms with Crippen LogP contribution in [-0.4, -0.2) is 33.1 Å². The highest BCUT2D eigenvalue weighted by atomic mass is 16.5. The quantitative estimate of drug-likeness (QED) is 0.573. The number of allylic oxidation sites excluding steroid dienone is 1. The number of azo groups is 1. The predicted octanol–water partition coefficient (Wildman–Crippen LogP) is 4.41. The van der Waals surface area contributed by atoms with Crippen LogP contribution in [0.3, 0.4) is 0 Å². The van der Waals surface area contributed by atoms with Crippen LogP contribution >= 0.6 is 0 Å². The largest absolute Gasteiger partial charge is 0.507 e. The van der Waals surface area contributed by atoms with Gasteiger partial charge in [0.2, 0.25) is 5.88 Å². The molecule has 0 radical (unpaired) electrons. The van der Waals surface area contributed by atoms with Gasteiger partial charge in [-0.3, -0.25) is 0 Å². The molecule has 1 unspecified atom stereocenters. The van der Waals surface area contributed by atoms with E-state index in [0.717, 1.165) is 18.5 Å². The van der Waals surface area contributed by atoms with Crippen molar-refractivity contribution < 1.29 is 9.84 Å². The molecule has 2 heterocycles. The molecule has 1 aromatic heterocycles. The van der Waals surface area contributed by atoms with Crippen LogP contribution < -0.4 is 5.32 Å². The van der Waals surface area contributed by atoms with Gasteiger partial charge in [-0.1, -0.05) is 6.08 Å². The van der Waals surface area contributed by atoms with Crippen LogP contribution in [0.5, 0.6) is 5.75 Å². The zero-order valence-corrected chi connectivity index (χ0v) is 16.5. The summed E-state index contributed by atoms with van der Waals surface area (Å²) in [5.74, 6) is 0.380. The lowest BCUT2D eigenvalue weighted by atomic mass is 9.98. The van der Waals surface area contributed by atoms with Gasteiger partial charge >= 0.3 is 0 Å². The number of phenolic OH excluding ortho intramolecular Hbond substituents is 1. The zero-order valence-electron chi connectivity index (χ0n) is 16.5. The molecule has 1 saturated heterocycles. The maximum Gasteiger partial charge on any atom is 0.226 e. The van der Waals surface area contributed by atoms with Crippen molar-refractivity contribution in [1.82, 2.24) is 15.1 Å². The van der Waals surface area contributed by atoms with Crippen LogP contribution in [0, 0.1) is 0 Å². The Morgan fingerprint density at radius 2 is 2.07 bits per heavy atom.